The maximum absolute atomic E-state index is 13.7. The predicted molar refractivity (Wildman–Crippen MR) is 121 cm³/mol. The van der Waals surface area contributed by atoms with Crippen LogP contribution < -0.4 is 5.56 Å². The number of aromatic nitrogens is 4. The molecule has 0 aliphatic carbocycles. The molecule has 1 unspecified atom stereocenters. The molecule has 0 radical (unpaired) electrons. The Morgan fingerprint density at radius 2 is 1.84 bits per heavy atom. The van der Waals surface area contributed by atoms with Gasteiger partial charge in [0, 0.05) is 41.7 Å². The molecular formula is C25H19N5O2. The van der Waals surface area contributed by atoms with Crippen molar-refractivity contribution in [2.75, 3.05) is 6.54 Å². The maximum Gasteiger partial charge on any atom is 0.270 e. The van der Waals surface area contributed by atoms with E-state index in [-0.39, 0.29) is 17.0 Å². The molecule has 0 fully saturated rings. The fourth-order valence-electron chi connectivity index (χ4n) is 4.63. The van der Waals surface area contributed by atoms with Crippen LogP contribution in [0.4, 0.5) is 0 Å². The van der Waals surface area contributed by atoms with Gasteiger partial charge in [0.1, 0.15) is 17.3 Å². The molecule has 4 aromatic heterocycles. The first-order valence-electron chi connectivity index (χ1n) is 10.5. The third-order valence-corrected chi connectivity index (χ3v) is 6.11. The van der Waals surface area contributed by atoms with Crippen LogP contribution >= 0.6 is 0 Å². The number of carbonyl (C=O) groups is 1. The van der Waals surface area contributed by atoms with Crippen LogP contribution in [0.15, 0.2) is 84.0 Å². The Bertz CT molecular complexity index is 1540. The zero-order valence-electron chi connectivity index (χ0n) is 17.1. The molecule has 7 nitrogen and oxygen atoms in total. The zero-order valence-corrected chi connectivity index (χ0v) is 17.1. The first-order chi connectivity index (χ1) is 15.7. The number of carbonyl (C=O) groups excluding carboxylic acids is 1. The highest BCUT2D eigenvalue weighted by atomic mass is 16.2. The number of para-hydroxylation sites is 1. The number of hydrogen-bond acceptors (Lipinski definition) is 4. The van der Waals surface area contributed by atoms with Gasteiger partial charge < -0.3 is 9.88 Å². The third kappa shape index (κ3) is 2.75. The molecular weight excluding hydrogens is 402 g/mol. The summed E-state index contributed by atoms with van der Waals surface area (Å²) in [6.07, 6.45) is 5.43. The molecule has 1 aromatic carbocycles. The van der Waals surface area contributed by atoms with Crippen molar-refractivity contribution in [3.8, 4) is 0 Å². The minimum atomic E-state index is -0.421. The highest BCUT2D eigenvalue weighted by molar-refractivity contribution is 5.95. The van der Waals surface area contributed by atoms with E-state index in [1.165, 1.54) is 16.2 Å². The summed E-state index contributed by atoms with van der Waals surface area (Å²) >= 11 is 0. The van der Waals surface area contributed by atoms with Crippen LogP contribution in [-0.2, 0) is 6.42 Å². The van der Waals surface area contributed by atoms with Crippen LogP contribution in [0.2, 0.25) is 0 Å². The first kappa shape index (κ1) is 18.5. The Hall–Kier alpha value is -4.26. The summed E-state index contributed by atoms with van der Waals surface area (Å²) in [6.45, 7) is 0.478. The number of nitrogens with one attached hydrogen (secondary N) is 1. The smallest absolute Gasteiger partial charge is 0.270 e. The van der Waals surface area contributed by atoms with E-state index in [4.69, 9.17) is 0 Å². The van der Waals surface area contributed by atoms with Gasteiger partial charge in [-0.2, -0.15) is 0 Å². The Morgan fingerprint density at radius 3 is 2.72 bits per heavy atom. The van der Waals surface area contributed by atoms with Crippen molar-refractivity contribution < 1.29 is 4.79 Å². The van der Waals surface area contributed by atoms with E-state index in [9.17, 15) is 9.59 Å². The molecule has 1 aliphatic heterocycles. The van der Waals surface area contributed by atoms with E-state index in [0.717, 1.165) is 22.3 Å². The number of hydrogen-bond donors (Lipinski definition) is 1. The van der Waals surface area contributed by atoms with Crippen molar-refractivity contribution in [1.29, 1.82) is 0 Å². The second kappa shape index (κ2) is 7.16. The maximum atomic E-state index is 13.7. The fraction of sp³-hybridized carbons (Fsp3) is 0.120. The molecule has 7 heteroatoms. The molecule has 156 valence electrons. The molecule has 0 saturated carbocycles. The molecule has 0 bridgehead atoms. The van der Waals surface area contributed by atoms with Gasteiger partial charge in [-0.3, -0.25) is 19.0 Å². The summed E-state index contributed by atoms with van der Waals surface area (Å²) in [5.74, 6) is -0.347. The quantitative estimate of drug-likeness (QED) is 0.474. The van der Waals surface area contributed by atoms with Crippen LogP contribution in [0.3, 0.4) is 0 Å². The minimum Gasteiger partial charge on any atom is -0.356 e. The summed E-state index contributed by atoms with van der Waals surface area (Å²) in [4.78, 5) is 40.9. The standard InChI is InChI=1S/C25H19N5O2/c31-24-18(15-27-21-10-4-6-13-29(21)24)25(32)30-14-11-17-16-7-1-2-8-19(16)28-22(17)23(30)20-9-3-5-12-26-20/h1-10,12-13,15,23,28H,11,14H2. The highest BCUT2D eigenvalue weighted by Gasteiger charge is 2.36. The molecule has 1 N–H and O–H groups in total. The number of H-pyrrole nitrogens is 1. The third-order valence-electron chi connectivity index (χ3n) is 6.11. The SMILES string of the molecule is O=C(c1cnc2ccccn2c1=O)N1CCc2c([nH]c3ccccc23)C1c1ccccn1. The van der Waals surface area contributed by atoms with E-state index in [1.807, 2.05) is 42.5 Å². The van der Waals surface area contributed by atoms with Gasteiger partial charge in [0.25, 0.3) is 11.5 Å². The number of fused-ring (bicyclic) bond motifs is 4. The number of rotatable bonds is 2. The van der Waals surface area contributed by atoms with Gasteiger partial charge in [0.15, 0.2) is 0 Å². The van der Waals surface area contributed by atoms with Gasteiger partial charge in [-0.05, 0) is 42.3 Å². The molecule has 0 spiro atoms. The lowest BCUT2D eigenvalue weighted by Crippen LogP contribution is -2.43. The Balaban J connectivity index is 1.52. The molecule has 5 heterocycles. The van der Waals surface area contributed by atoms with Crippen molar-refractivity contribution in [1.82, 2.24) is 24.3 Å². The number of nitrogens with zero attached hydrogens (tertiary/aromatic N) is 4. The zero-order chi connectivity index (χ0) is 21.7. The second-order valence-electron chi connectivity index (χ2n) is 7.87. The number of pyridine rings is 2. The van der Waals surface area contributed by atoms with Crippen molar-refractivity contribution in [3.63, 3.8) is 0 Å². The predicted octanol–water partition coefficient (Wildman–Crippen LogP) is 3.36. The van der Waals surface area contributed by atoms with E-state index in [1.54, 1.807) is 29.4 Å². The average Bonchev–Trinajstić information content (AvgIpc) is 3.23. The van der Waals surface area contributed by atoms with E-state index < -0.39 is 6.04 Å². The summed E-state index contributed by atoms with van der Waals surface area (Å²) in [5.41, 5.74) is 4.10. The van der Waals surface area contributed by atoms with E-state index in [2.05, 4.69) is 21.0 Å². The molecule has 1 aliphatic rings. The molecule has 5 aromatic rings. The van der Waals surface area contributed by atoms with E-state index >= 15 is 0 Å². The Kier molecular flexibility index (Phi) is 4.14. The number of aromatic amines is 1. The molecule has 32 heavy (non-hydrogen) atoms. The highest BCUT2D eigenvalue weighted by Crippen LogP contribution is 2.38. The van der Waals surface area contributed by atoms with Crippen LogP contribution in [0, 0.1) is 0 Å². The summed E-state index contributed by atoms with van der Waals surface area (Å²) in [5, 5.41) is 1.16. The van der Waals surface area contributed by atoms with Crippen molar-refractivity contribution in [3.05, 3.63) is 112 Å². The normalized spacial score (nSPS) is 15.8. The summed E-state index contributed by atoms with van der Waals surface area (Å²) < 4.78 is 1.40. The van der Waals surface area contributed by atoms with Gasteiger partial charge in [-0.15, -0.1) is 0 Å². The Labute approximate surface area is 183 Å². The van der Waals surface area contributed by atoms with Crippen molar-refractivity contribution in [2.24, 2.45) is 0 Å². The Morgan fingerprint density at radius 1 is 1.00 bits per heavy atom. The lowest BCUT2D eigenvalue weighted by Gasteiger charge is -2.35. The van der Waals surface area contributed by atoms with Crippen molar-refractivity contribution in [2.45, 2.75) is 12.5 Å². The van der Waals surface area contributed by atoms with Gasteiger partial charge in [-0.25, -0.2) is 4.98 Å². The average molecular weight is 421 g/mol. The summed E-state index contributed by atoms with van der Waals surface area (Å²) in [7, 11) is 0. The van der Waals surface area contributed by atoms with Crippen LogP contribution in [0.1, 0.15) is 33.4 Å². The van der Waals surface area contributed by atoms with Gasteiger partial charge in [0.05, 0.1) is 5.69 Å². The largest absolute Gasteiger partial charge is 0.356 e. The van der Waals surface area contributed by atoms with Gasteiger partial charge in [-0.1, -0.05) is 30.3 Å². The van der Waals surface area contributed by atoms with Crippen molar-refractivity contribution >= 4 is 22.5 Å². The van der Waals surface area contributed by atoms with Crippen LogP contribution in [0.25, 0.3) is 16.6 Å². The van der Waals surface area contributed by atoms with Gasteiger partial charge in [0.2, 0.25) is 0 Å². The van der Waals surface area contributed by atoms with E-state index in [0.29, 0.717) is 18.6 Å². The number of amides is 1. The van der Waals surface area contributed by atoms with Gasteiger partial charge >= 0.3 is 0 Å². The second-order valence-corrected chi connectivity index (χ2v) is 7.87. The molecule has 1 amide bonds. The molecule has 0 saturated heterocycles. The molecule has 1 atom stereocenters. The number of benzene rings is 1. The minimum absolute atomic E-state index is 0.0502. The van der Waals surface area contributed by atoms with Crippen LogP contribution in [-0.4, -0.2) is 36.7 Å². The topological polar surface area (TPSA) is 83.4 Å². The van der Waals surface area contributed by atoms with Crippen LogP contribution in [0.5, 0.6) is 0 Å². The monoisotopic (exact) mass is 421 g/mol. The fourth-order valence-corrected chi connectivity index (χ4v) is 4.63. The lowest BCUT2D eigenvalue weighted by atomic mass is 9.94. The summed E-state index contributed by atoms with van der Waals surface area (Å²) in [6, 6.07) is 18.7. The first-order valence-corrected chi connectivity index (χ1v) is 10.5. The molecule has 6 rings (SSSR count). The lowest BCUT2D eigenvalue weighted by molar-refractivity contribution is 0.0686.